The average molecular weight is 403 g/mol. The van der Waals surface area contributed by atoms with Gasteiger partial charge in [-0.3, -0.25) is 0 Å². The molecule has 0 aliphatic carbocycles. The zero-order chi connectivity index (χ0) is 15.6. The van der Waals surface area contributed by atoms with Gasteiger partial charge in [-0.15, -0.1) is 0 Å². The van der Waals surface area contributed by atoms with Gasteiger partial charge in [0.25, 0.3) is 0 Å². The van der Waals surface area contributed by atoms with Crippen molar-refractivity contribution in [3.63, 3.8) is 0 Å². The maximum atomic E-state index is 6.11. The van der Waals surface area contributed by atoms with Gasteiger partial charge in [0.2, 0.25) is 0 Å². The molecule has 0 aromatic heterocycles. The van der Waals surface area contributed by atoms with Crippen molar-refractivity contribution in [2.24, 2.45) is 0 Å². The molecule has 0 saturated heterocycles. The van der Waals surface area contributed by atoms with E-state index >= 15 is 0 Å². The molecule has 1 nitrogen and oxygen atoms in total. The second-order valence-electron chi connectivity index (χ2n) is 6.42. The van der Waals surface area contributed by atoms with E-state index in [2.05, 4.69) is 20.8 Å². The van der Waals surface area contributed by atoms with Crippen LogP contribution in [0.25, 0.3) is 0 Å². The summed E-state index contributed by atoms with van der Waals surface area (Å²) >= 11 is -0.552. The van der Waals surface area contributed by atoms with Crippen LogP contribution in [0.3, 0.4) is 0 Å². The van der Waals surface area contributed by atoms with Crippen LogP contribution in [0.1, 0.15) is 111 Å². The Labute approximate surface area is 145 Å². The molecule has 0 N–H and O–H groups in total. The molecule has 0 bridgehead atoms. The molecular weight excluding hydrogens is 363 g/mol. The van der Waals surface area contributed by atoms with Crippen molar-refractivity contribution in [1.82, 2.24) is 0 Å². The molecule has 2 heteroatoms. The third kappa shape index (κ3) is 17.0. The van der Waals surface area contributed by atoms with Crippen LogP contribution in [-0.4, -0.2) is 28.2 Å². The number of unbranched alkanes of at least 4 members (excludes halogenated alkanes) is 9. The van der Waals surface area contributed by atoms with Crippen LogP contribution in [0.5, 0.6) is 0 Å². The van der Waals surface area contributed by atoms with Crippen molar-refractivity contribution in [3.8, 4) is 0 Å². The van der Waals surface area contributed by atoms with Crippen molar-refractivity contribution in [1.29, 1.82) is 0 Å². The van der Waals surface area contributed by atoms with E-state index in [0.29, 0.717) is 0 Å². The summed E-state index contributed by atoms with van der Waals surface area (Å²) in [4.78, 5) is 0. The molecule has 0 spiro atoms. The van der Waals surface area contributed by atoms with Gasteiger partial charge in [0, 0.05) is 0 Å². The van der Waals surface area contributed by atoms with Crippen LogP contribution < -0.4 is 0 Å². The fraction of sp³-hybridized carbons (Fsp3) is 1.00. The van der Waals surface area contributed by atoms with Gasteiger partial charge in [0.05, 0.1) is 0 Å². The Morgan fingerprint density at radius 2 is 1.10 bits per heavy atom. The quantitative estimate of drug-likeness (QED) is 0.189. The summed E-state index contributed by atoms with van der Waals surface area (Å²) < 4.78 is 7.09. The van der Waals surface area contributed by atoms with Gasteiger partial charge in [0.1, 0.15) is 0 Å². The number of hydrogen-bond donors (Lipinski definition) is 0. The first-order chi connectivity index (χ1) is 10.3. The molecule has 0 aliphatic rings. The van der Waals surface area contributed by atoms with Crippen LogP contribution in [0, 0.1) is 0 Å². The third-order valence-electron chi connectivity index (χ3n) is 4.16. The Bertz CT molecular complexity index is 176. The Kier molecular flexibility index (Phi) is 19.5. The first-order valence-corrected chi connectivity index (χ1v) is 12.5. The molecule has 0 fully saturated rings. The summed E-state index contributed by atoms with van der Waals surface area (Å²) in [7, 11) is 0. The minimum atomic E-state index is -0.552. The fourth-order valence-corrected chi connectivity index (χ4v) is 5.91. The molecule has 0 aromatic rings. The summed E-state index contributed by atoms with van der Waals surface area (Å²) in [5.74, 6) is 0. The zero-order valence-corrected chi connectivity index (χ0v) is 17.9. The second-order valence-corrected chi connectivity index (χ2v) is 10.2. The topological polar surface area (TPSA) is 9.23 Å². The summed E-state index contributed by atoms with van der Waals surface area (Å²) in [5, 5.41) is 0. The number of hydrogen-bond acceptors (Lipinski definition) is 1. The molecule has 0 amide bonds. The van der Waals surface area contributed by atoms with E-state index in [4.69, 9.17) is 3.07 Å². The SMILES string of the molecule is CCCCCCCCCC[O][Sn][CH](CCCC)CCCC. The van der Waals surface area contributed by atoms with E-state index in [1.165, 1.54) is 89.9 Å². The predicted molar refractivity (Wildman–Crippen MR) is 97.1 cm³/mol. The van der Waals surface area contributed by atoms with E-state index < -0.39 is 21.6 Å². The van der Waals surface area contributed by atoms with Gasteiger partial charge in [-0.2, -0.15) is 0 Å². The summed E-state index contributed by atoms with van der Waals surface area (Å²) in [6.07, 6.45) is 19.6. The van der Waals surface area contributed by atoms with Crippen molar-refractivity contribution < 1.29 is 3.07 Å². The van der Waals surface area contributed by atoms with Crippen molar-refractivity contribution in [3.05, 3.63) is 0 Å². The van der Waals surface area contributed by atoms with E-state index in [9.17, 15) is 0 Å². The van der Waals surface area contributed by atoms with E-state index in [-0.39, 0.29) is 0 Å². The van der Waals surface area contributed by atoms with E-state index in [1.54, 1.807) is 0 Å². The van der Waals surface area contributed by atoms with Crippen LogP contribution in [0.2, 0.25) is 3.93 Å². The molecule has 0 aliphatic heterocycles. The molecule has 0 unspecified atom stereocenters. The molecule has 0 aromatic carbocycles. The molecule has 0 atom stereocenters. The average Bonchev–Trinajstić information content (AvgIpc) is 2.51. The molecule has 0 rings (SSSR count). The number of rotatable bonds is 17. The summed E-state index contributed by atoms with van der Waals surface area (Å²) in [5.41, 5.74) is 0. The van der Waals surface area contributed by atoms with Crippen molar-refractivity contribution >= 4 is 21.6 Å². The van der Waals surface area contributed by atoms with E-state index in [0.717, 1.165) is 10.5 Å². The van der Waals surface area contributed by atoms with Gasteiger partial charge in [-0.05, 0) is 0 Å². The van der Waals surface area contributed by atoms with Crippen LogP contribution in [0.15, 0.2) is 0 Å². The van der Waals surface area contributed by atoms with Gasteiger partial charge < -0.3 is 0 Å². The standard InChI is InChI=1S/C10H21O.C9H19.Sn/c1-2-3-4-5-6-7-8-9-10-11;1-3-5-7-9-8-6-4-2;/h2-10H2,1H3;9H,3-8H2,1-2H3;/q-1;;+1. The van der Waals surface area contributed by atoms with Crippen LogP contribution in [0.4, 0.5) is 0 Å². The minimum absolute atomic E-state index is 0.552. The maximum absolute atomic E-state index is 6.11. The molecule has 0 heterocycles. The first kappa shape index (κ1) is 21.8. The van der Waals surface area contributed by atoms with Gasteiger partial charge in [-0.1, -0.05) is 0 Å². The molecule has 126 valence electrons. The molecular formula is C19H40OSn. The Morgan fingerprint density at radius 1 is 0.619 bits per heavy atom. The van der Waals surface area contributed by atoms with Gasteiger partial charge >= 0.3 is 146 Å². The normalized spacial score (nSPS) is 11.4. The molecule has 21 heavy (non-hydrogen) atoms. The van der Waals surface area contributed by atoms with Crippen molar-refractivity contribution in [2.75, 3.05) is 6.61 Å². The third-order valence-corrected chi connectivity index (χ3v) is 7.82. The zero-order valence-electron chi connectivity index (χ0n) is 15.1. The van der Waals surface area contributed by atoms with Gasteiger partial charge in [0.15, 0.2) is 0 Å². The predicted octanol–water partition coefficient (Wildman–Crippen LogP) is 6.93. The Morgan fingerprint density at radius 3 is 1.62 bits per heavy atom. The van der Waals surface area contributed by atoms with Crippen molar-refractivity contribution in [2.45, 2.75) is 115 Å². The first-order valence-electron chi connectivity index (χ1n) is 9.72. The fourth-order valence-electron chi connectivity index (χ4n) is 2.65. The molecule has 2 radical (unpaired) electrons. The van der Waals surface area contributed by atoms with Gasteiger partial charge in [-0.25, -0.2) is 0 Å². The summed E-state index contributed by atoms with van der Waals surface area (Å²) in [6, 6.07) is 0. The second kappa shape index (κ2) is 18.8. The Balaban J connectivity index is 3.35. The van der Waals surface area contributed by atoms with Crippen LogP contribution in [-0.2, 0) is 3.07 Å². The van der Waals surface area contributed by atoms with Crippen LogP contribution >= 0.6 is 0 Å². The Hall–Kier alpha value is 0.759. The van der Waals surface area contributed by atoms with E-state index in [1.807, 2.05) is 0 Å². The molecule has 0 saturated carbocycles. The monoisotopic (exact) mass is 404 g/mol. The summed E-state index contributed by atoms with van der Waals surface area (Å²) in [6.45, 7) is 7.97.